The number of carbonyl (C=O) groups excluding carboxylic acids is 2. The summed E-state index contributed by atoms with van der Waals surface area (Å²) in [5.41, 5.74) is 1.53. The molecule has 1 aromatic carbocycles. The number of ether oxygens (including phenoxy) is 3. The normalized spacial score (nSPS) is 20.9. The molecular weight excluding hydrogens is 520 g/mol. The SMILES string of the molecule is COC(=O)[C@@H]1CSC(c2csc(-c3csc([C@@H]4COC(C)(C)N4C(=O)OCc4ccccc4)n3)n2)=N1. The average molecular weight is 545 g/mol. The third-order valence-electron chi connectivity index (χ3n) is 5.76. The summed E-state index contributed by atoms with van der Waals surface area (Å²) >= 11 is 4.40. The van der Waals surface area contributed by atoms with Crippen LogP contribution in [0.5, 0.6) is 0 Å². The van der Waals surface area contributed by atoms with Gasteiger partial charge in [0.15, 0.2) is 6.04 Å². The highest BCUT2D eigenvalue weighted by Crippen LogP contribution is 2.40. The molecule has 36 heavy (non-hydrogen) atoms. The lowest BCUT2D eigenvalue weighted by molar-refractivity contribution is -0.141. The van der Waals surface area contributed by atoms with Crippen molar-refractivity contribution in [2.45, 2.75) is 38.3 Å². The van der Waals surface area contributed by atoms with E-state index in [9.17, 15) is 9.59 Å². The van der Waals surface area contributed by atoms with E-state index in [1.807, 2.05) is 54.9 Å². The van der Waals surface area contributed by atoms with E-state index in [4.69, 9.17) is 24.2 Å². The number of thiazole rings is 2. The van der Waals surface area contributed by atoms with Crippen molar-refractivity contribution in [3.8, 4) is 10.7 Å². The van der Waals surface area contributed by atoms with Crippen LogP contribution in [0.15, 0.2) is 46.1 Å². The molecule has 9 nitrogen and oxygen atoms in total. The van der Waals surface area contributed by atoms with Crippen molar-refractivity contribution in [2.75, 3.05) is 19.5 Å². The molecule has 0 N–H and O–H groups in total. The summed E-state index contributed by atoms with van der Waals surface area (Å²) in [5.74, 6) is 0.203. The van der Waals surface area contributed by atoms with E-state index in [2.05, 4.69) is 4.99 Å². The van der Waals surface area contributed by atoms with Gasteiger partial charge >= 0.3 is 12.1 Å². The standard InChI is InChI=1S/C24H24N4O5S3/c1-24(2)28(23(30)32-9-14-7-5-4-6-8-14)18(10-33-24)21-26-16(12-36-21)19-25-15(11-34-19)20-27-17(13-35-20)22(29)31-3/h4-8,11-12,17-18H,9-10,13H2,1-3H3/t17-,18-/m0/s1. The van der Waals surface area contributed by atoms with Crippen LogP contribution in [-0.4, -0.2) is 63.2 Å². The minimum atomic E-state index is -0.827. The fourth-order valence-electron chi connectivity index (χ4n) is 3.92. The zero-order valence-electron chi connectivity index (χ0n) is 19.9. The summed E-state index contributed by atoms with van der Waals surface area (Å²) in [5, 5.41) is 6.06. The molecule has 0 radical (unpaired) electrons. The van der Waals surface area contributed by atoms with Gasteiger partial charge in [-0.25, -0.2) is 19.6 Å². The van der Waals surface area contributed by atoms with Crippen LogP contribution in [-0.2, 0) is 25.6 Å². The van der Waals surface area contributed by atoms with E-state index in [-0.39, 0.29) is 18.6 Å². The second kappa shape index (κ2) is 10.3. The molecule has 5 rings (SSSR count). The first-order chi connectivity index (χ1) is 17.4. The number of rotatable bonds is 6. The second-order valence-corrected chi connectivity index (χ2v) is 11.3. The van der Waals surface area contributed by atoms with Crippen LogP contribution in [0.1, 0.15) is 36.2 Å². The zero-order valence-corrected chi connectivity index (χ0v) is 22.3. The maximum atomic E-state index is 13.1. The third-order valence-corrected chi connectivity index (χ3v) is 8.64. The number of amides is 1. The predicted octanol–water partition coefficient (Wildman–Crippen LogP) is 4.75. The Morgan fingerprint density at radius 3 is 2.69 bits per heavy atom. The molecule has 0 spiro atoms. The molecule has 12 heteroatoms. The summed E-state index contributed by atoms with van der Waals surface area (Å²) in [6, 6.07) is 8.70. The Labute approximate surface area is 220 Å². The largest absolute Gasteiger partial charge is 0.467 e. The van der Waals surface area contributed by atoms with Gasteiger partial charge in [-0.05, 0) is 19.4 Å². The summed E-state index contributed by atoms with van der Waals surface area (Å²) in [7, 11) is 1.36. The Morgan fingerprint density at radius 2 is 1.92 bits per heavy atom. The number of methoxy groups -OCH3 is 1. The van der Waals surface area contributed by atoms with Crippen LogP contribution in [0.4, 0.5) is 4.79 Å². The van der Waals surface area contributed by atoms with Gasteiger partial charge < -0.3 is 14.2 Å². The maximum Gasteiger partial charge on any atom is 0.413 e. The van der Waals surface area contributed by atoms with Gasteiger partial charge in [-0.3, -0.25) is 9.89 Å². The molecule has 4 heterocycles. The number of hydrogen-bond acceptors (Lipinski definition) is 11. The van der Waals surface area contributed by atoms with Crippen LogP contribution in [0.2, 0.25) is 0 Å². The van der Waals surface area contributed by atoms with Crippen LogP contribution in [0.25, 0.3) is 10.7 Å². The predicted molar refractivity (Wildman–Crippen MR) is 139 cm³/mol. The van der Waals surface area contributed by atoms with E-state index in [0.29, 0.717) is 12.4 Å². The van der Waals surface area contributed by atoms with E-state index < -0.39 is 17.9 Å². The Morgan fingerprint density at radius 1 is 1.14 bits per heavy atom. The lowest BCUT2D eigenvalue weighted by Crippen LogP contribution is -2.45. The second-order valence-electron chi connectivity index (χ2n) is 8.58. The summed E-state index contributed by atoms with van der Waals surface area (Å²) < 4.78 is 16.3. The third kappa shape index (κ3) is 5.03. The first-order valence-corrected chi connectivity index (χ1v) is 13.9. The lowest BCUT2D eigenvalue weighted by atomic mass is 10.2. The highest BCUT2D eigenvalue weighted by Gasteiger charge is 2.46. The smallest absolute Gasteiger partial charge is 0.413 e. The fraction of sp³-hybridized carbons (Fsp3) is 0.375. The molecule has 0 aliphatic carbocycles. The van der Waals surface area contributed by atoms with Crippen molar-refractivity contribution in [3.63, 3.8) is 0 Å². The lowest BCUT2D eigenvalue weighted by Gasteiger charge is -2.32. The van der Waals surface area contributed by atoms with Gasteiger partial charge in [-0.1, -0.05) is 30.3 Å². The molecule has 3 aromatic rings. The number of carbonyl (C=O) groups is 2. The highest BCUT2D eigenvalue weighted by molar-refractivity contribution is 8.14. The molecule has 2 aromatic heterocycles. The molecule has 0 saturated carbocycles. The highest BCUT2D eigenvalue weighted by atomic mass is 32.2. The van der Waals surface area contributed by atoms with Gasteiger partial charge in [0.2, 0.25) is 0 Å². The number of aromatic nitrogens is 2. The Kier molecular flexibility index (Phi) is 7.11. The van der Waals surface area contributed by atoms with Crippen LogP contribution >= 0.6 is 34.4 Å². The monoisotopic (exact) mass is 544 g/mol. The van der Waals surface area contributed by atoms with E-state index in [1.165, 1.54) is 41.5 Å². The molecular formula is C24H24N4O5S3. The van der Waals surface area contributed by atoms with Crippen molar-refractivity contribution in [1.82, 2.24) is 14.9 Å². The number of hydrogen-bond donors (Lipinski definition) is 0. The van der Waals surface area contributed by atoms with Gasteiger partial charge in [0.1, 0.15) is 44.8 Å². The molecule has 2 aliphatic heterocycles. The number of esters is 1. The van der Waals surface area contributed by atoms with Crippen LogP contribution in [0.3, 0.4) is 0 Å². The molecule has 0 bridgehead atoms. The number of thioether (sulfide) groups is 1. The Balaban J connectivity index is 1.31. The zero-order chi connectivity index (χ0) is 25.3. The van der Waals surface area contributed by atoms with Gasteiger partial charge in [0.05, 0.1) is 13.7 Å². The van der Waals surface area contributed by atoms with Crippen LogP contribution < -0.4 is 0 Å². The summed E-state index contributed by atoms with van der Waals surface area (Å²) in [4.78, 5) is 40.4. The Bertz CT molecular complexity index is 1290. The van der Waals surface area contributed by atoms with Crippen molar-refractivity contribution in [2.24, 2.45) is 4.99 Å². The first-order valence-electron chi connectivity index (χ1n) is 11.2. The van der Waals surface area contributed by atoms with Crippen molar-refractivity contribution in [3.05, 3.63) is 57.4 Å². The number of aliphatic imine (C=N–C) groups is 1. The quantitative estimate of drug-likeness (QED) is 0.410. The van der Waals surface area contributed by atoms with Gasteiger partial charge in [-0.2, -0.15) is 0 Å². The van der Waals surface area contributed by atoms with Crippen LogP contribution in [0, 0.1) is 0 Å². The average Bonchev–Trinajstić information content (AvgIpc) is 3.67. The van der Waals surface area contributed by atoms with E-state index in [1.54, 1.807) is 4.90 Å². The van der Waals surface area contributed by atoms with Crippen molar-refractivity contribution >= 4 is 51.5 Å². The molecule has 188 valence electrons. The van der Waals surface area contributed by atoms with Gasteiger partial charge in [0.25, 0.3) is 0 Å². The van der Waals surface area contributed by atoms with E-state index >= 15 is 0 Å². The maximum absolute atomic E-state index is 13.1. The molecule has 2 atom stereocenters. The Hall–Kier alpha value is -2.80. The minimum Gasteiger partial charge on any atom is -0.467 e. The first kappa shape index (κ1) is 24.9. The molecule has 0 unspecified atom stereocenters. The topological polar surface area (TPSA) is 103 Å². The van der Waals surface area contributed by atoms with Crippen molar-refractivity contribution < 1.29 is 23.8 Å². The molecule has 1 saturated heterocycles. The summed E-state index contributed by atoms with van der Waals surface area (Å²) in [6.45, 7) is 4.20. The van der Waals surface area contributed by atoms with Gasteiger partial charge in [-0.15, -0.1) is 34.4 Å². The molecule has 1 fully saturated rings. The molecule has 1 amide bonds. The van der Waals surface area contributed by atoms with Crippen molar-refractivity contribution in [1.29, 1.82) is 0 Å². The van der Waals surface area contributed by atoms with E-state index in [0.717, 1.165) is 32.0 Å². The van der Waals surface area contributed by atoms with Gasteiger partial charge in [0, 0.05) is 16.5 Å². The molecule has 2 aliphatic rings. The fourth-order valence-corrected chi connectivity index (χ4v) is 6.69. The number of nitrogens with zero attached hydrogens (tertiary/aromatic N) is 4. The summed E-state index contributed by atoms with van der Waals surface area (Å²) in [6.07, 6.45) is -0.448. The number of benzene rings is 1. The minimum absolute atomic E-state index is 0.183.